The molecule has 0 aromatic carbocycles. The van der Waals surface area contributed by atoms with Gasteiger partial charge < -0.3 is 10.6 Å². The molecule has 0 fully saturated rings. The smallest absolute Gasteiger partial charge is 0.357 e. The number of rotatable bonds is 8. The predicted octanol–water partition coefficient (Wildman–Crippen LogP) is 3.09. The van der Waals surface area contributed by atoms with E-state index in [9.17, 15) is 13.2 Å². The first-order valence-electron chi connectivity index (χ1n) is 7.45. The highest BCUT2D eigenvalue weighted by Gasteiger charge is 2.28. The molecule has 0 saturated heterocycles. The van der Waals surface area contributed by atoms with Gasteiger partial charge in [0.2, 0.25) is 0 Å². The maximum Gasteiger partial charge on any atom is 0.401 e. The monoisotopic (exact) mass is 438 g/mol. The first-order chi connectivity index (χ1) is 9.65. The molecule has 0 spiro atoms. The highest BCUT2D eigenvalue weighted by molar-refractivity contribution is 14.0. The summed E-state index contributed by atoms with van der Waals surface area (Å²) < 4.78 is 36.5. The normalized spacial score (nSPS) is 14.0. The first-order valence-corrected chi connectivity index (χ1v) is 7.45. The number of alkyl halides is 3. The summed E-state index contributed by atoms with van der Waals surface area (Å²) in [7, 11) is 1.47. The van der Waals surface area contributed by atoms with E-state index < -0.39 is 12.7 Å². The van der Waals surface area contributed by atoms with Crippen molar-refractivity contribution in [3.05, 3.63) is 0 Å². The summed E-state index contributed by atoms with van der Waals surface area (Å²) in [5, 5.41) is 6.43. The van der Waals surface area contributed by atoms with Gasteiger partial charge in [-0.2, -0.15) is 13.2 Å². The van der Waals surface area contributed by atoms with Gasteiger partial charge in [0.25, 0.3) is 0 Å². The van der Waals surface area contributed by atoms with Crippen molar-refractivity contribution in [2.45, 2.75) is 46.3 Å². The van der Waals surface area contributed by atoms with Crippen LogP contribution in [0.3, 0.4) is 0 Å². The molecule has 0 heterocycles. The Kier molecular flexibility index (Phi) is 13.3. The molecule has 2 N–H and O–H groups in total. The summed E-state index contributed by atoms with van der Waals surface area (Å²) in [6.45, 7) is 9.05. The van der Waals surface area contributed by atoms with Gasteiger partial charge in [0, 0.05) is 19.1 Å². The molecule has 4 nitrogen and oxygen atoms in total. The van der Waals surface area contributed by atoms with Crippen LogP contribution in [0, 0.1) is 5.92 Å². The number of halogens is 4. The van der Waals surface area contributed by atoms with Crippen molar-refractivity contribution in [1.29, 1.82) is 0 Å². The summed E-state index contributed by atoms with van der Waals surface area (Å²) in [6.07, 6.45) is -3.54. The SMILES string of the molecule is CCNC(=NCCCN(C)CC(F)(F)F)NC(C)C(C)C.I. The van der Waals surface area contributed by atoms with Gasteiger partial charge >= 0.3 is 6.18 Å². The van der Waals surface area contributed by atoms with E-state index in [0.29, 0.717) is 25.4 Å². The molecule has 0 rings (SSSR count). The lowest BCUT2D eigenvalue weighted by Gasteiger charge is -2.21. The fourth-order valence-electron chi connectivity index (χ4n) is 1.62. The molecule has 0 saturated carbocycles. The maximum atomic E-state index is 12.2. The van der Waals surface area contributed by atoms with Crippen molar-refractivity contribution in [3.63, 3.8) is 0 Å². The Labute approximate surface area is 149 Å². The van der Waals surface area contributed by atoms with Gasteiger partial charge in [-0.05, 0) is 39.8 Å². The molecule has 1 atom stereocenters. The Hall–Kier alpha value is -0.250. The van der Waals surface area contributed by atoms with E-state index in [4.69, 9.17) is 0 Å². The topological polar surface area (TPSA) is 39.7 Å². The van der Waals surface area contributed by atoms with Crippen molar-refractivity contribution < 1.29 is 13.2 Å². The van der Waals surface area contributed by atoms with Crippen LogP contribution in [0.5, 0.6) is 0 Å². The third kappa shape index (κ3) is 13.4. The molecule has 8 heteroatoms. The molecule has 0 radical (unpaired) electrons. The third-order valence-corrected chi connectivity index (χ3v) is 3.13. The first kappa shape index (κ1) is 24.0. The third-order valence-electron chi connectivity index (χ3n) is 3.13. The molecular formula is C14H30F3IN4. The minimum Gasteiger partial charge on any atom is -0.357 e. The summed E-state index contributed by atoms with van der Waals surface area (Å²) in [4.78, 5) is 5.66. The zero-order chi connectivity index (χ0) is 16.5. The molecule has 134 valence electrons. The van der Waals surface area contributed by atoms with Crippen LogP contribution in [-0.4, -0.2) is 56.3 Å². The van der Waals surface area contributed by atoms with Crippen LogP contribution in [0.1, 0.15) is 34.1 Å². The van der Waals surface area contributed by atoms with E-state index in [0.717, 1.165) is 12.5 Å². The van der Waals surface area contributed by atoms with Gasteiger partial charge in [0.05, 0.1) is 6.54 Å². The molecule has 0 aromatic heterocycles. The Morgan fingerprint density at radius 1 is 1.23 bits per heavy atom. The summed E-state index contributed by atoms with van der Waals surface area (Å²) in [6, 6.07) is 0.288. The van der Waals surface area contributed by atoms with Crippen molar-refractivity contribution in [2.75, 3.05) is 33.2 Å². The van der Waals surface area contributed by atoms with E-state index in [2.05, 4.69) is 36.4 Å². The van der Waals surface area contributed by atoms with Gasteiger partial charge in [-0.25, -0.2) is 0 Å². The Balaban J connectivity index is 0. The Morgan fingerprint density at radius 3 is 2.27 bits per heavy atom. The summed E-state index contributed by atoms with van der Waals surface area (Å²) in [5.74, 6) is 1.20. The van der Waals surface area contributed by atoms with Crippen molar-refractivity contribution >= 4 is 29.9 Å². The van der Waals surface area contributed by atoms with E-state index in [1.54, 1.807) is 0 Å². The number of aliphatic imine (C=N–C) groups is 1. The number of nitrogens with zero attached hydrogens (tertiary/aromatic N) is 2. The van der Waals surface area contributed by atoms with Crippen LogP contribution >= 0.6 is 24.0 Å². The molecule has 0 amide bonds. The second-order valence-electron chi connectivity index (χ2n) is 5.64. The zero-order valence-electron chi connectivity index (χ0n) is 14.1. The van der Waals surface area contributed by atoms with Crippen LogP contribution in [-0.2, 0) is 0 Å². The fourth-order valence-corrected chi connectivity index (χ4v) is 1.62. The van der Waals surface area contributed by atoms with Gasteiger partial charge in [0.1, 0.15) is 0 Å². The van der Waals surface area contributed by atoms with Crippen LogP contribution < -0.4 is 10.6 Å². The van der Waals surface area contributed by atoms with Crippen molar-refractivity contribution in [2.24, 2.45) is 10.9 Å². The highest BCUT2D eigenvalue weighted by atomic mass is 127. The molecule has 0 bridgehead atoms. The fraction of sp³-hybridized carbons (Fsp3) is 0.929. The minimum absolute atomic E-state index is 0. The maximum absolute atomic E-state index is 12.2. The lowest BCUT2D eigenvalue weighted by molar-refractivity contribution is -0.143. The molecule has 0 aromatic rings. The second-order valence-corrected chi connectivity index (χ2v) is 5.64. The standard InChI is InChI=1S/C14H29F3N4.HI/c1-6-18-13(20-12(4)11(2)3)19-8-7-9-21(5)10-14(15,16)17;/h11-12H,6-10H2,1-5H3,(H2,18,19,20);1H. The van der Waals surface area contributed by atoms with E-state index in [-0.39, 0.29) is 30.0 Å². The van der Waals surface area contributed by atoms with Gasteiger partial charge in [-0.1, -0.05) is 13.8 Å². The molecule has 0 aliphatic carbocycles. The highest BCUT2D eigenvalue weighted by Crippen LogP contribution is 2.15. The average molecular weight is 438 g/mol. The van der Waals surface area contributed by atoms with E-state index in [1.807, 2.05) is 6.92 Å². The molecule has 0 aliphatic rings. The second kappa shape index (κ2) is 12.2. The number of hydrogen-bond acceptors (Lipinski definition) is 2. The number of guanidine groups is 1. The minimum atomic E-state index is -4.14. The van der Waals surface area contributed by atoms with Crippen LogP contribution in [0.25, 0.3) is 0 Å². The van der Waals surface area contributed by atoms with Crippen molar-refractivity contribution in [3.8, 4) is 0 Å². The van der Waals surface area contributed by atoms with Crippen LogP contribution in [0.15, 0.2) is 4.99 Å². The van der Waals surface area contributed by atoms with Gasteiger partial charge in [-0.15, -0.1) is 24.0 Å². The van der Waals surface area contributed by atoms with E-state index in [1.165, 1.54) is 11.9 Å². The van der Waals surface area contributed by atoms with Crippen LogP contribution in [0.2, 0.25) is 0 Å². The molecular weight excluding hydrogens is 408 g/mol. The zero-order valence-corrected chi connectivity index (χ0v) is 16.5. The lowest BCUT2D eigenvalue weighted by Crippen LogP contribution is -2.44. The molecule has 1 unspecified atom stereocenters. The number of hydrogen-bond donors (Lipinski definition) is 2. The largest absolute Gasteiger partial charge is 0.401 e. The average Bonchev–Trinajstić information content (AvgIpc) is 2.32. The van der Waals surface area contributed by atoms with Gasteiger partial charge in [-0.3, -0.25) is 9.89 Å². The predicted molar refractivity (Wildman–Crippen MR) is 97.0 cm³/mol. The summed E-state index contributed by atoms with van der Waals surface area (Å²) >= 11 is 0. The quantitative estimate of drug-likeness (QED) is 0.265. The van der Waals surface area contributed by atoms with Crippen molar-refractivity contribution in [1.82, 2.24) is 15.5 Å². The van der Waals surface area contributed by atoms with Crippen LogP contribution in [0.4, 0.5) is 13.2 Å². The Morgan fingerprint density at radius 2 is 1.82 bits per heavy atom. The van der Waals surface area contributed by atoms with E-state index >= 15 is 0 Å². The number of nitrogens with one attached hydrogen (secondary N) is 2. The molecule has 0 aliphatic heterocycles. The Bertz CT molecular complexity index is 309. The molecule has 22 heavy (non-hydrogen) atoms. The summed E-state index contributed by atoms with van der Waals surface area (Å²) in [5.41, 5.74) is 0. The van der Waals surface area contributed by atoms with Gasteiger partial charge in [0.15, 0.2) is 5.96 Å². The lowest BCUT2D eigenvalue weighted by atomic mass is 10.1.